The molecule has 1 aliphatic heterocycles. The van der Waals surface area contributed by atoms with Gasteiger partial charge in [-0.2, -0.15) is 0 Å². The molecule has 0 bridgehead atoms. The average molecular weight is 353 g/mol. The number of carbonyl (C=O) groups is 1. The van der Waals surface area contributed by atoms with Crippen molar-refractivity contribution in [1.29, 1.82) is 0 Å². The Morgan fingerprint density at radius 2 is 1.62 bits per heavy atom. The van der Waals surface area contributed by atoms with Crippen LogP contribution in [0.4, 0.5) is 0 Å². The fourth-order valence-electron chi connectivity index (χ4n) is 3.29. The van der Waals surface area contributed by atoms with Crippen LogP contribution in [0.5, 0.6) is 11.5 Å². The molecular formula is C21H27N3O2. The molecular weight excluding hydrogens is 326 g/mol. The first kappa shape index (κ1) is 18.4. The summed E-state index contributed by atoms with van der Waals surface area (Å²) in [6, 6.07) is 18.4. The number of para-hydroxylation sites is 1. The lowest BCUT2D eigenvalue weighted by Gasteiger charge is -2.38. The monoisotopic (exact) mass is 353 g/mol. The average Bonchev–Trinajstić information content (AvgIpc) is 2.69. The molecule has 0 spiro atoms. The number of nitrogens with zero attached hydrogens (tertiary/aromatic N) is 2. The van der Waals surface area contributed by atoms with Crippen molar-refractivity contribution in [3.63, 3.8) is 0 Å². The molecule has 1 fully saturated rings. The van der Waals surface area contributed by atoms with Gasteiger partial charge in [0.05, 0.1) is 0 Å². The van der Waals surface area contributed by atoms with Crippen molar-refractivity contribution in [2.45, 2.75) is 19.4 Å². The molecule has 2 N–H and O–H groups in total. The van der Waals surface area contributed by atoms with E-state index in [1.807, 2.05) is 47.4 Å². The highest BCUT2D eigenvalue weighted by Crippen LogP contribution is 2.26. The molecule has 0 radical (unpaired) electrons. The lowest BCUT2D eigenvalue weighted by Crippen LogP contribution is -2.49. The number of rotatable bonds is 6. The van der Waals surface area contributed by atoms with Gasteiger partial charge in [0.1, 0.15) is 11.5 Å². The molecule has 26 heavy (non-hydrogen) atoms. The van der Waals surface area contributed by atoms with E-state index >= 15 is 0 Å². The van der Waals surface area contributed by atoms with Gasteiger partial charge in [-0.15, -0.1) is 0 Å². The molecule has 0 saturated carbocycles. The molecule has 138 valence electrons. The Morgan fingerprint density at radius 3 is 2.23 bits per heavy atom. The highest BCUT2D eigenvalue weighted by Gasteiger charge is 2.24. The van der Waals surface area contributed by atoms with E-state index in [2.05, 4.69) is 24.0 Å². The highest BCUT2D eigenvalue weighted by molar-refractivity contribution is 5.76. The first-order chi connectivity index (χ1) is 12.7. The molecule has 1 amide bonds. The second-order valence-electron chi connectivity index (χ2n) is 6.62. The van der Waals surface area contributed by atoms with Crippen LogP contribution in [-0.2, 0) is 4.79 Å². The summed E-state index contributed by atoms with van der Waals surface area (Å²) in [4.78, 5) is 16.3. The molecule has 0 aromatic heterocycles. The number of nitrogens with two attached hydrogens (primary N) is 1. The SMILES string of the molecule is CC(c1ccc(Oc2ccccc2)cc1)N1CCN(C(=O)CCN)CC1. The van der Waals surface area contributed by atoms with Crippen LogP contribution in [0.3, 0.4) is 0 Å². The van der Waals surface area contributed by atoms with Crippen molar-refractivity contribution in [1.82, 2.24) is 9.80 Å². The number of benzene rings is 2. The van der Waals surface area contributed by atoms with E-state index in [-0.39, 0.29) is 5.91 Å². The molecule has 2 aromatic carbocycles. The van der Waals surface area contributed by atoms with Gasteiger partial charge in [0.15, 0.2) is 0 Å². The number of amides is 1. The van der Waals surface area contributed by atoms with Gasteiger partial charge >= 0.3 is 0 Å². The molecule has 3 rings (SSSR count). The fraction of sp³-hybridized carbons (Fsp3) is 0.381. The zero-order valence-electron chi connectivity index (χ0n) is 15.3. The number of carbonyl (C=O) groups excluding carboxylic acids is 1. The van der Waals surface area contributed by atoms with Crippen LogP contribution in [0, 0.1) is 0 Å². The van der Waals surface area contributed by atoms with E-state index in [4.69, 9.17) is 10.5 Å². The van der Waals surface area contributed by atoms with Crippen molar-refractivity contribution in [3.8, 4) is 11.5 Å². The Balaban J connectivity index is 1.55. The standard InChI is InChI=1S/C21H27N3O2/c1-17(23-13-15-24(16-14-23)21(25)11-12-22)18-7-9-20(10-8-18)26-19-5-3-2-4-6-19/h2-10,17H,11-16,22H2,1H3. The summed E-state index contributed by atoms with van der Waals surface area (Å²) in [7, 11) is 0. The first-order valence-corrected chi connectivity index (χ1v) is 9.22. The summed E-state index contributed by atoms with van der Waals surface area (Å²) >= 11 is 0. The normalized spacial score (nSPS) is 16.3. The molecule has 1 unspecified atom stereocenters. The summed E-state index contributed by atoms with van der Waals surface area (Å²) in [5.74, 6) is 1.85. The smallest absolute Gasteiger partial charge is 0.223 e. The minimum absolute atomic E-state index is 0.169. The Kier molecular flexibility index (Phi) is 6.26. The predicted octanol–water partition coefficient (Wildman–Crippen LogP) is 3.03. The summed E-state index contributed by atoms with van der Waals surface area (Å²) in [6.45, 7) is 5.97. The molecule has 5 nitrogen and oxygen atoms in total. The fourth-order valence-corrected chi connectivity index (χ4v) is 3.29. The first-order valence-electron chi connectivity index (χ1n) is 9.22. The number of hydrogen-bond acceptors (Lipinski definition) is 4. The van der Waals surface area contributed by atoms with Gasteiger partial charge in [-0.05, 0) is 36.8 Å². The molecule has 5 heteroatoms. The summed E-state index contributed by atoms with van der Waals surface area (Å²) in [6.07, 6.45) is 0.443. The molecule has 0 aliphatic carbocycles. The Bertz CT molecular complexity index is 695. The lowest BCUT2D eigenvalue weighted by atomic mass is 10.1. The van der Waals surface area contributed by atoms with E-state index in [9.17, 15) is 4.79 Å². The van der Waals surface area contributed by atoms with Crippen LogP contribution in [0.15, 0.2) is 54.6 Å². The van der Waals surface area contributed by atoms with Crippen molar-refractivity contribution < 1.29 is 9.53 Å². The van der Waals surface area contributed by atoms with E-state index in [0.717, 1.165) is 37.7 Å². The zero-order valence-corrected chi connectivity index (χ0v) is 15.3. The second kappa shape index (κ2) is 8.83. The minimum atomic E-state index is 0.169. The maximum absolute atomic E-state index is 11.9. The molecule has 1 saturated heterocycles. The highest BCUT2D eigenvalue weighted by atomic mass is 16.5. The number of ether oxygens (including phenoxy) is 1. The van der Waals surface area contributed by atoms with Gasteiger partial charge in [-0.1, -0.05) is 30.3 Å². The van der Waals surface area contributed by atoms with E-state index in [0.29, 0.717) is 19.0 Å². The quantitative estimate of drug-likeness (QED) is 0.867. The van der Waals surface area contributed by atoms with Gasteiger partial charge in [-0.25, -0.2) is 0 Å². The number of hydrogen-bond donors (Lipinski definition) is 1. The van der Waals surface area contributed by atoms with Crippen molar-refractivity contribution in [2.75, 3.05) is 32.7 Å². The van der Waals surface area contributed by atoms with Gasteiger partial charge in [0.25, 0.3) is 0 Å². The third-order valence-corrected chi connectivity index (χ3v) is 4.91. The van der Waals surface area contributed by atoms with Gasteiger partial charge in [0, 0.05) is 45.2 Å². The lowest BCUT2D eigenvalue weighted by molar-refractivity contribution is -0.133. The Morgan fingerprint density at radius 1 is 1.00 bits per heavy atom. The Hall–Kier alpha value is -2.37. The third kappa shape index (κ3) is 4.62. The van der Waals surface area contributed by atoms with Crippen LogP contribution in [-0.4, -0.2) is 48.4 Å². The van der Waals surface area contributed by atoms with Crippen molar-refractivity contribution in [2.24, 2.45) is 5.73 Å². The zero-order chi connectivity index (χ0) is 18.4. The van der Waals surface area contributed by atoms with Crippen LogP contribution >= 0.6 is 0 Å². The predicted molar refractivity (Wildman–Crippen MR) is 103 cm³/mol. The van der Waals surface area contributed by atoms with Crippen LogP contribution < -0.4 is 10.5 Å². The maximum Gasteiger partial charge on any atom is 0.223 e. The van der Waals surface area contributed by atoms with Gasteiger partial charge < -0.3 is 15.4 Å². The summed E-state index contributed by atoms with van der Waals surface area (Å²) < 4.78 is 5.85. The van der Waals surface area contributed by atoms with E-state index in [1.54, 1.807) is 0 Å². The van der Waals surface area contributed by atoms with Gasteiger partial charge in [-0.3, -0.25) is 9.69 Å². The number of piperazine rings is 1. The maximum atomic E-state index is 11.9. The largest absolute Gasteiger partial charge is 0.457 e. The minimum Gasteiger partial charge on any atom is -0.457 e. The van der Waals surface area contributed by atoms with Gasteiger partial charge in [0.2, 0.25) is 5.91 Å². The van der Waals surface area contributed by atoms with Crippen LogP contribution in [0.25, 0.3) is 0 Å². The molecule has 1 atom stereocenters. The van der Waals surface area contributed by atoms with E-state index < -0.39 is 0 Å². The molecule has 2 aromatic rings. The van der Waals surface area contributed by atoms with Crippen molar-refractivity contribution in [3.05, 3.63) is 60.2 Å². The summed E-state index contributed by atoms with van der Waals surface area (Å²) in [5.41, 5.74) is 6.74. The summed E-state index contributed by atoms with van der Waals surface area (Å²) in [5, 5.41) is 0. The third-order valence-electron chi connectivity index (χ3n) is 4.91. The van der Waals surface area contributed by atoms with Crippen LogP contribution in [0.1, 0.15) is 24.9 Å². The second-order valence-corrected chi connectivity index (χ2v) is 6.62. The molecule has 1 heterocycles. The van der Waals surface area contributed by atoms with Crippen LogP contribution in [0.2, 0.25) is 0 Å². The van der Waals surface area contributed by atoms with Crippen molar-refractivity contribution >= 4 is 5.91 Å². The van der Waals surface area contributed by atoms with E-state index in [1.165, 1.54) is 5.56 Å². The topological polar surface area (TPSA) is 58.8 Å². The Labute approximate surface area is 155 Å². The molecule has 1 aliphatic rings.